The molecule has 0 aromatic heterocycles. The first-order valence-electron chi connectivity index (χ1n) is 3.23. The number of aryl methyl sites for hydroxylation is 2. The van der Waals surface area contributed by atoms with E-state index in [0.717, 1.165) is 0 Å². The highest BCUT2D eigenvalue weighted by Crippen LogP contribution is 2.00. The normalized spacial score (nSPS) is 11.0. The van der Waals surface area contributed by atoms with Crippen LogP contribution in [-0.2, 0) is 0 Å². The second-order valence-electron chi connectivity index (χ2n) is 2.09. The molecule has 8 heavy (non-hydrogen) atoms. The van der Waals surface area contributed by atoms with Crippen LogP contribution in [0.3, 0.4) is 0 Å². The third kappa shape index (κ3) is 1.09. The summed E-state index contributed by atoms with van der Waals surface area (Å²) in [6.45, 7) is 4.01. The Balaban J connectivity index is 3.17. The smallest absolute Gasteiger partial charge is 0.0617 e. The van der Waals surface area contributed by atoms with Gasteiger partial charge in [0.05, 0.1) is 1.37 Å². The minimum atomic E-state index is 0.604. The fraction of sp³-hybridized carbons (Fsp3) is 0.250. The van der Waals surface area contributed by atoms with Crippen LogP contribution in [0.1, 0.15) is 12.5 Å². The average molecular weight is 108 g/mol. The molecule has 0 unspecified atom stereocenters. The van der Waals surface area contributed by atoms with Gasteiger partial charge in [0.2, 0.25) is 0 Å². The maximum absolute atomic E-state index is 7.28. The molecule has 0 atom stereocenters. The molecule has 0 heterocycles. The molecule has 0 amide bonds. The van der Waals surface area contributed by atoms with Crippen LogP contribution in [0.5, 0.6) is 0 Å². The molecule has 42 valence electrons. The lowest BCUT2D eigenvalue weighted by Gasteiger charge is -1.90. The molecule has 0 saturated carbocycles. The summed E-state index contributed by atoms with van der Waals surface area (Å²) in [6, 6.07) is 6.38. The van der Waals surface area contributed by atoms with Gasteiger partial charge in [0, 0.05) is 0 Å². The van der Waals surface area contributed by atoms with E-state index in [1.54, 1.807) is 0 Å². The Morgan fingerprint density at radius 1 is 1.25 bits per heavy atom. The highest BCUT2D eigenvalue weighted by molar-refractivity contribution is 5.20. The number of hydrogen-bond acceptors (Lipinski definition) is 0. The molecule has 0 nitrogen and oxygen atoms in total. The van der Waals surface area contributed by atoms with Gasteiger partial charge in [-0.3, -0.25) is 0 Å². The molecule has 1 aromatic rings. The molecular formula is C8H10. The van der Waals surface area contributed by atoms with Gasteiger partial charge in [0.25, 0.3) is 0 Å². The van der Waals surface area contributed by atoms with Crippen molar-refractivity contribution >= 4 is 0 Å². The monoisotopic (exact) mass is 108 g/mol. The number of hydrogen-bond donors (Lipinski definition) is 0. The first-order valence-corrected chi connectivity index (χ1v) is 2.73. The summed E-state index contributed by atoms with van der Waals surface area (Å²) in [5.74, 6) is 0. The Bertz CT molecular complexity index is 165. The largest absolute Gasteiger partial charge is 0.0623 e. The zero-order chi connectivity index (χ0) is 6.85. The SMILES string of the molecule is [3H]c1cc(C)cc(C)c1. The van der Waals surface area contributed by atoms with Crippen LogP contribution in [0.2, 0.25) is 0 Å². The Hall–Kier alpha value is -0.780. The summed E-state index contributed by atoms with van der Waals surface area (Å²) in [6.07, 6.45) is 0. The molecular weight excluding hydrogens is 96.1 g/mol. The minimum absolute atomic E-state index is 0.604. The molecule has 1 rings (SSSR count). The zero-order valence-corrected chi connectivity index (χ0v) is 5.23. The summed E-state index contributed by atoms with van der Waals surface area (Å²) in [5.41, 5.74) is 2.33. The van der Waals surface area contributed by atoms with Crippen molar-refractivity contribution in [1.29, 1.82) is 0 Å². The van der Waals surface area contributed by atoms with Crippen LogP contribution in [0.4, 0.5) is 0 Å². The van der Waals surface area contributed by atoms with Crippen molar-refractivity contribution in [2.24, 2.45) is 0 Å². The van der Waals surface area contributed by atoms with E-state index in [0.29, 0.717) is 6.04 Å². The van der Waals surface area contributed by atoms with E-state index < -0.39 is 0 Å². The summed E-state index contributed by atoms with van der Waals surface area (Å²) >= 11 is 0. The van der Waals surface area contributed by atoms with Gasteiger partial charge in [-0.1, -0.05) is 35.4 Å². The summed E-state index contributed by atoms with van der Waals surface area (Å²) in [5, 5.41) is 0. The van der Waals surface area contributed by atoms with Crippen LogP contribution in [-0.4, -0.2) is 0 Å². The lowest BCUT2D eigenvalue weighted by Crippen LogP contribution is -1.71. The fourth-order valence-electron chi connectivity index (χ4n) is 0.747. The van der Waals surface area contributed by atoms with Crippen LogP contribution < -0.4 is 0 Å². The quantitative estimate of drug-likeness (QED) is 0.478. The van der Waals surface area contributed by atoms with Crippen molar-refractivity contribution in [2.45, 2.75) is 13.8 Å². The van der Waals surface area contributed by atoms with Gasteiger partial charge >= 0.3 is 0 Å². The van der Waals surface area contributed by atoms with Gasteiger partial charge in [0.1, 0.15) is 0 Å². The van der Waals surface area contributed by atoms with E-state index in [-0.39, 0.29) is 0 Å². The highest BCUT2D eigenvalue weighted by Gasteiger charge is 1.80. The summed E-state index contributed by atoms with van der Waals surface area (Å²) in [7, 11) is 0. The molecule has 0 spiro atoms. The van der Waals surface area contributed by atoms with Gasteiger partial charge in [-0.15, -0.1) is 0 Å². The predicted octanol–water partition coefficient (Wildman–Crippen LogP) is 2.30. The van der Waals surface area contributed by atoms with Crippen LogP contribution in [0.25, 0.3) is 0 Å². The van der Waals surface area contributed by atoms with E-state index in [2.05, 4.69) is 6.07 Å². The molecule has 0 aliphatic heterocycles. The third-order valence-electron chi connectivity index (χ3n) is 1.08. The van der Waals surface area contributed by atoms with Gasteiger partial charge in [-0.25, -0.2) is 0 Å². The second kappa shape index (κ2) is 1.99. The van der Waals surface area contributed by atoms with Crippen molar-refractivity contribution in [2.75, 3.05) is 0 Å². The van der Waals surface area contributed by atoms with Gasteiger partial charge in [0.15, 0.2) is 0 Å². The molecule has 0 aliphatic carbocycles. The Morgan fingerprint density at radius 2 is 1.75 bits per heavy atom. The third-order valence-corrected chi connectivity index (χ3v) is 1.08. The van der Waals surface area contributed by atoms with Crippen molar-refractivity contribution in [3.8, 4) is 0 Å². The Labute approximate surface area is 51.6 Å². The van der Waals surface area contributed by atoms with Crippen LogP contribution in [0, 0.1) is 13.8 Å². The maximum Gasteiger partial charge on any atom is 0.0623 e. The van der Waals surface area contributed by atoms with E-state index in [4.69, 9.17) is 1.37 Å². The lowest BCUT2D eigenvalue weighted by atomic mass is 10.2. The number of benzene rings is 1. The van der Waals surface area contributed by atoms with Gasteiger partial charge in [-0.2, -0.15) is 0 Å². The van der Waals surface area contributed by atoms with Crippen molar-refractivity contribution in [3.05, 3.63) is 35.4 Å². The first kappa shape index (κ1) is 4.13. The molecule has 0 heteroatoms. The summed E-state index contributed by atoms with van der Waals surface area (Å²) in [4.78, 5) is 0. The lowest BCUT2D eigenvalue weighted by molar-refractivity contribution is 1.39. The topological polar surface area (TPSA) is 0 Å². The van der Waals surface area contributed by atoms with Gasteiger partial charge in [-0.05, 0) is 13.8 Å². The zero-order valence-electron chi connectivity index (χ0n) is 6.23. The highest BCUT2D eigenvalue weighted by atomic mass is 13.9. The molecule has 1 aromatic carbocycles. The van der Waals surface area contributed by atoms with Crippen molar-refractivity contribution in [1.82, 2.24) is 0 Å². The van der Waals surface area contributed by atoms with E-state index in [9.17, 15) is 0 Å². The molecule has 0 N–H and O–H groups in total. The molecule has 0 fully saturated rings. The van der Waals surface area contributed by atoms with Crippen LogP contribution >= 0.6 is 0 Å². The van der Waals surface area contributed by atoms with E-state index in [1.807, 2.05) is 26.0 Å². The van der Waals surface area contributed by atoms with Crippen LogP contribution in [0.15, 0.2) is 24.2 Å². The van der Waals surface area contributed by atoms with E-state index in [1.165, 1.54) is 11.1 Å². The molecule has 0 saturated heterocycles. The Kier molecular flexibility index (Phi) is 1.03. The molecule has 0 aliphatic rings. The number of rotatable bonds is 0. The van der Waals surface area contributed by atoms with Crippen molar-refractivity contribution in [3.63, 3.8) is 0 Å². The van der Waals surface area contributed by atoms with Gasteiger partial charge < -0.3 is 0 Å². The Morgan fingerprint density at radius 3 is 2.12 bits per heavy atom. The standard InChI is InChI=1S/C8H10/c1-7-4-3-5-8(2)6-7/h3-6H,1-2H3/i3T. The molecule has 0 bridgehead atoms. The summed E-state index contributed by atoms with van der Waals surface area (Å²) < 4.78 is 7.28. The minimum Gasteiger partial charge on any atom is -0.0617 e. The maximum atomic E-state index is 7.28. The average Bonchev–Trinajstić information content (AvgIpc) is 1.59. The predicted molar refractivity (Wildman–Crippen MR) is 35.9 cm³/mol. The first-order chi connectivity index (χ1) is 4.18. The van der Waals surface area contributed by atoms with Crippen molar-refractivity contribution < 1.29 is 1.37 Å². The molecule has 0 radical (unpaired) electrons. The van der Waals surface area contributed by atoms with E-state index >= 15 is 0 Å². The second-order valence-corrected chi connectivity index (χ2v) is 2.09. The fourth-order valence-corrected chi connectivity index (χ4v) is 0.747.